The van der Waals surface area contributed by atoms with E-state index < -0.39 is 29.2 Å². The number of nitrogens with two attached hydrogens (primary N) is 2. The van der Waals surface area contributed by atoms with Gasteiger partial charge < -0.3 is 21.0 Å². The second-order valence-corrected chi connectivity index (χ2v) is 11.7. The number of thiazole rings is 1. The molecule has 1 unspecified atom stereocenters. The van der Waals surface area contributed by atoms with Crippen LogP contribution in [0.3, 0.4) is 0 Å². The zero-order chi connectivity index (χ0) is 27.1. The summed E-state index contributed by atoms with van der Waals surface area (Å²) in [5.41, 5.74) is 14.7. The standard InChI is InChI=1S/C22H24N8O5S3/c1-29-12-5-3-4-10(12)17(27-21(29)23)36-6-9-7-37-19-14(18(32)30(19)15(9)20(33)34)26-16(31)13(28-35-2)11-8-38-22(24)25-11/h8,14,19,23H,3-7H2,1-2H3,(H4,24,25,26,31,33,34)/p+1/b28-13-/t14?,19-/m0/s1. The Hall–Kier alpha value is -3.37. The van der Waals surface area contributed by atoms with Crippen molar-refractivity contribution in [3.05, 3.63) is 33.6 Å². The second-order valence-electron chi connectivity index (χ2n) is 8.71. The number of carboxylic acid groups (broad SMARTS) is 1. The molecule has 0 aromatic carbocycles. The number of carbonyl (C=O) groups is 3. The van der Waals surface area contributed by atoms with E-state index in [2.05, 4.69) is 20.4 Å². The molecule has 0 saturated carbocycles. The van der Waals surface area contributed by atoms with Crippen LogP contribution in [0.15, 0.2) is 26.8 Å². The van der Waals surface area contributed by atoms with Crippen molar-refractivity contribution in [3.63, 3.8) is 0 Å². The van der Waals surface area contributed by atoms with Crippen LogP contribution in [0.25, 0.3) is 0 Å². The SMILES string of the molecule is CO/N=C(\C(=O)NC1C(=O)N2C(C(=O)O)=C(CSc3nc(N)[n+](C)c4c3CCC4)CS[C@@H]12)c1csc(N)n1. The van der Waals surface area contributed by atoms with Gasteiger partial charge in [0.1, 0.15) is 29.9 Å². The highest BCUT2D eigenvalue weighted by molar-refractivity contribution is 8.01. The van der Waals surface area contributed by atoms with E-state index in [1.807, 2.05) is 11.6 Å². The number of carbonyl (C=O) groups excluding carboxylic acids is 2. The summed E-state index contributed by atoms with van der Waals surface area (Å²) in [5, 5.41) is 18.4. The predicted molar refractivity (Wildman–Crippen MR) is 142 cm³/mol. The summed E-state index contributed by atoms with van der Waals surface area (Å²) in [7, 11) is 3.18. The van der Waals surface area contributed by atoms with Gasteiger partial charge >= 0.3 is 11.9 Å². The first-order valence-corrected chi connectivity index (χ1v) is 14.5. The zero-order valence-corrected chi connectivity index (χ0v) is 22.9. The van der Waals surface area contributed by atoms with Crippen LogP contribution < -0.4 is 21.4 Å². The Kier molecular flexibility index (Phi) is 7.19. The summed E-state index contributed by atoms with van der Waals surface area (Å²) in [5.74, 6) is -1.24. The molecule has 2 amide bonds. The topological polar surface area (TPSA) is 190 Å². The van der Waals surface area contributed by atoms with Crippen molar-refractivity contribution in [2.24, 2.45) is 12.2 Å². The molecule has 38 heavy (non-hydrogen) atoms. The molecule has 1 aliphatic carbocycles. The van der Waals surface area contributed by atoms with Gasteiger partial charge in [0.15, 0.2) is 15.9 Å². The molecule has 2 aromatic rings. The van der Waals surface area contributed by atoms with Gasteiger partial charge in [0, 0.05) is 28.9 Å². The molecule has 1 saturated heterocycles. The fraction of sp³-hybridized carbons (Fsp3) is 0.409. The molecule has 6 N–H and O–H groups in total. The monoisotopic (exact) mass is 577 g/mol. The third-order valence-electron chi connectivity index (χ3n) is 6.49. The first kappa shape index (κ1) is 26.2. The van der Waals surface area contributed by atoms with Crippen molar-refractivity contribution in [3.8, 4) is 0 Å². The molecule has 4 heterocycles. The van der Waals surface area contributed by atoms with Gasteiger partial charge in [-0.1, -0.05) is 21.9 Å². The van der Waals surface area contributed by atoms with E-state index in [1.54, 1.807) is 5.38 Å². The molecule has 16 heteroatoms. The molecule has 5 rings (SSSR count). The van der Waals surface area contributed by atoms with Gasteiger partial charge in [-0.25, -0.2) is 14.3 Å². The average Bonchev–Trinajstić information content (AvgIpc) is 3.56. The first-order chi connectivity index (χ1) is 18.2. The zero-order valence-electron chi connectivity index (χ0n) is 20.5. The van der Waals surface area contributed by atoms with Crippen LogP contribution in [0.2, 0.25) is 0 Å². The third-order valence-corrected chi connectivity index (χ3v) is 9.61. The van der Waals surface area contributed by atoms with Crippen molar-refractivity contribution < 1.29 is 28.9 Å². The second kappa shape index (κ2) is 10.4. The summed E-state index contributed by atoms with van der Waals surface area (Å²) in [6.45, 7) is 0. The maximum absolute atomic E-state index is 13.1. The lowest BCUT2D eigenvalue weighted by Crippen LogP contribution is -2.71. The Morgan fingerprint density at radius 1 is 1.37 bits per heavy atom. The predicted octanol–water partition coefficient (Wildman–Crippen LogP) is -0.103. The lowest BCUT2D eigenvalue weighted by Gasteiger charge is -2.49. The van der Waals surface area contributed by atoms with Crippen LogP contribution >= 0.6 is 34.9 Å². The van der Waals surface area contributed by atoms with Gasteiger partial charge in [-0.3, -0.25) is 20.2 Å². The lowest BCUT2D eigenvalue weighted by atomic mass is 10.0. The number of nitrogen functional groups attached to an aromatic ring is 2. The maximum Gasteiger partial charge on any atom is 0.390 e. The maximum atomic E-state index is 13.1. The van der Waals surface area contributed by atoms with Gasteiger partial charge in [0.25, 0.3) is 11.8 Å². The van der Waals surface area contributed by atoms with Gasteiger partial charge in [-0.05, 0) is 18.4 Å². The number of fused-ring (bicyclic) bond motifs is 2. The minimum absolute atomic E-state index is 0.0547. The van der Waals surface area contributed by atoms with E-state index in [-0.39, 0.29) is 22.2 Å². The average molecular weight is 578 g/mol. The number of hydrogen-bond acceptors (Lipinski definition) is 12. The summed E-state index contributed by atoms with van der Waals surface area (Å²) < 4.78 is 1.90. The smallest absolute Gasteiger partial charge is 0.390 e. The number of oxime groups is 1. The summed E-state index contributed by atoms with van der Waals surface area (Å²) in [6, 6.07) is -0.923. The fourth-order valence-electron chi connectivity index (χ4n) is 4.68. The van der Waals surface area contributed by atoms with Crippen LogP contribution in [0, 0.1) is 0 Å². The minimum atomic E-state index is -1.19. The molecule has 3 aliphatic rings. The van der Waals surface area contributed by atoms with E-state index in [9.17, 15) is 19.5 Å². The largest absolute Gasteiger partial charge is 0.477 e. The van der Waals surface area contributed by atoms with E-state index in [4.69, 9.17) is 16.3 Å². The van der Waals surface area contributed by atoms with Crippen molar-refractivity contribution in [1.82, 2.24) is 20.2 Å². The van der Waals surface area contributed by atoms with Gasteiger partial charge in [-0.15, -0.1) is 23.1 Å². The summed E-state index contributed by atoms with van der Waals surface area (Å²) >= 11 is 3.95. The number of nitrogens with zero attached hydrogens (tertiary/aromatic N) is 5. The number of aliphatic carboxylic acids is 1. The molecule has 0 spiro atoms. The Morgan fingerprint density at radius 2 is 2.16 bits per heavy atom. The van der Waals surface area contributed by atoms with E-state index in [0.717, 1.165) is 46.9 Å². The van der Waals surface area contributed by atoms with E-state index >= 15 is 0 Å². The van der Waals surface area contributed by atoms with Crippen LogP contribution in [0.5, 0.6) is 0 Å². The number of anilines is 2. The molecule has 2 aliphatic heterocycles. The van der Waals surface area contributed by atoms with Crippen molar-refractivity contribution >= 4 is 69.4 Å². The highest BCUT2D eigenvalue weighted by atomic mass is 32.2. The summed E-state index contributed by atoms with van der Waals surface area (Å²) in [6.07, 6.45) is 2.84. The lowest BCUT2D eigenvalue weighted by molar-refractivity contribution is -0.667. The molecule has 0 bridgehead atoms. The first-order valence-electron chi connectivity index (χ1n) is 11.5. The number of hydrogen-bond donors (Lipinski definition) is 4. The molecule has 1 fully saturated rings. The Morgan fingerprint density at radius 3 is 2.84 bits per heavy atom. The van der Waals surface area contributed by atoms with Crippen molar-refractivity contribution in [1.29, 1.82) is 0 Å². The normalized spacial score (nSPS) is 20.6. The van der Waals surface area contributed by atoms with Gasteiger partial charge in [0.05, 0.1) is 12.7 Å². The van der Waals surface area contributed by atoms with Gasteiger partial charge in [0.2, 0.25) is 0 Å². The van der Waals surface area contributed by atoms with Crippen LogP contribution in [-0.2, 0) is 39.1 Å². The molecular weight excluding hydrogens is 552 g/mol. The fourth-order valence-corrected chi connectivity index (χ4v) is 7.81. The van der Waals surface area contributed by atoms with E-state index in [1.165, 1.54) is 35.5 Å². The number of β-lactam (4-membered cyclic amide) rings is 1. The van der Waals surface area contributed by atoms with Crippen molar-refractivity contribution in [2.45, 2.75) is 35.7 Å². The molecule has 2 atom stereocenters. The van der Waals surface area contributed by atoms with E-state index in [0.29, 0.717) is 23.0 Å². The summed E-state index contributed by atoms with van der Waals surface area (Å²) in [4.78, 5) is 52.8. The number of amides is 2. The number of rotatable bonds is 8. The number of aromatic nitrogens is 3. The Bertz CT molecular complexity index is 1410. The number of nitrogens with one attached hydrogen (secondary N) is 1. The molecule has 200 valence electrons. The van der Waals surface area contributed by atoms with Crippen LogP contribution in [0.1, 0.15) is 23.4 Å². The number of thioether (sulfide) groups is 2. The van der Waals surface area contributed by atoms with Gasteiger partial charge in [-0.2, -0.15) is 0 Å². The molecular formula is C22H25N8O5S3+. The Balaban J connectivity index is 1.33. The minimum Gasteiger partial charge on any atom is -0.477 e. The van der Waals surface area contributed by atoms with Crippen LogP contribution in [0.4, 0.5) is 11.1 Å². The van der Waals surface area contributed by atoms with Crippen molar-refractivity contribution in [2.75, 3.05) is 30.1 Å². The number of carboxylic acids is 1. The highest BCUT2D eigenvalue weighted by Gasteiger charge is 2.54. The Labute approximate surface area is 229 Å². The third kappa shape index (κ3) is 4.56. The van der Waals surface area contributed by atoms with Crippen LogP contribution in [-0.4, -0.2) is 73.5 Å². The molecule has 13 nitrogen and oxygen atoms in total. The molecule has 2 aromatic heterocycles. The quantitative estimate of drug-likeness (QED) is 0.0818. The highest BCUT2D eigenvalue weighted by Crippen LogP contribution is 2.42. The molecule has 0 radical (unpaired) electrons.